The van der Waals surface area contributed by atoms with Gasteiger partial charge in [0.15, 0.2) is 0 Å². The van der Waals surface area contributed by atoms with Gasteiger partial charge in [-0.25, -0.2) is 8.42 Å². The molecule has 0 saturated carbocycles. The Morgan fingerprint density at radius 1 is 1.07 bits per heavy atom. The van der Waals surface area contributed by atoms with E-state index in [9.17, 15) is 13.2 Å². The monoisotopic (exact) mass is 430 g/mol. The molecule has 0 aliphatic heterocycles. The average Bonchev–Trinajstić information content (AvgIpc) is 2.67. The van der Waals surface area contributed by atoms with Gasteiger partial charge in [0.05, 0.1) is 11.9 Å². The van der Waals surface area contributed by atoms with Crippen molar-refractivity contribution in [1.82, 2.24) is 5.32 Å². The number of carbonyl (C=O) groups excluding carboxylic acids is 1. The number of hydrogen-bond acceptors (Lipinski definition) is 3. The van der Waals surface area contributed by atoms with Crippen molar-refractivity contribution in [2.75, 3.05) is 10.6 Å². The summed E-state index contributed by atoms with van der Waals surface area (Å²) in [6.45, 7) is 3.70. The van der Waals surface area contributed by atoms with Crippen molar-refractivity contribution in [2.45, 2.75) is 26.4 Å². The summed E-state index contributed by atoms with van der Waals surface area (Å²) in [5, 5.41) is 5.48. The Labute approximate surface area is 176 Å². The minimum absolute atomic E-state index is 0.306. The Morgan fingerprint density at radius 2 is 1.76 bits per heavy atom. The van der Waals surface area contributed by atoms with Crippen LogP contribution >= 0.6 is 11.6 Å². The first kappa shape index (κ1) is 21.1. The normalized spacial score (nSPS) is 12.6. The lowest BCUT2D eigenvalue weighted by molar-refractivity contribution is -0.122. The van der Waals surface area contributed by atoms with Crippen molar-refractivity contribution in [3.8, 4) is 0 Å². The lowest BCUT2D eigenvalue weighted by Crippen LogP contribution is -2.47. The molecule has 0 radical (unpaired) electrons. The van der Waals surface area contributed by atoms with Crippen LogP contribution in [0.2, 0.25) is 5.02 Å². The van der Waals surface area contributed by atoms with Crippen LogP contribution in [-0.2, 0) is 21.4 Å². The van der Waals surface area contributed by atoms with Crippen LogP contribution in [0, 0.1) is 6.92 Å². The van der Waals surface area contributed by atoms with Crippen LogP contribution in [0.1, 0.15) is 18.1 Å². The summed E-state index contributed by atoms with van der Waals surface area (Å²) in [6.07, 6.45) is 1.08. The van der Waals surface area contributed by atoms with E-state index < -0.39 is 16.1 Å². The van der Waals surface area contributed by atoms with Gasteiger partial charge in [-0.15, -0.1) is 0 Å². The predicted octanol–water partition coefficient (Wildman–Crippen LogP) is 4.27. The third kappa shape index (κ3) is 4.89. The van der Waals surface area contributed by atoms with E-state index >= 15 is 0 Å². The second kappa shape index (κ2) is 8.43. The standard InChI is InChI=1S/C22H23ClN2O3S/c1-15-8-11-20(13-21(15)23)25(29(3,27)28)16(2)22(26)24-14-17-9-10-18-6-4-5-7-19(18)12-17/h4-13,16H,14H2,1-3H3,(H,24,26)/t16-/m0/s1. The van der Waals surface area contributed by atoms with E-state index in [0.29, 0.717) is 17.3 Å². The predicted molar refractivity (Wildman–Crippen MR) is 119 cm³/mol. The number of aryl methyl sites for hydroxylation is 1. The molecule has 3 aromatic carbocycles. The van der Waals surface area contributed by atoms with Crippen molar-refractivity contribution in [2.24, 2.45) is 0 Å². The zero-order valence-electron chi connectivity index (χ0n) is 16.5. The molecule has 5 nitrogen and oxygen atoms in total. The Bertz CT molecular complexity index is 1160. The van der Waals surface area contributed by atoms with Crippen molar-refractivity contribution in [3.63, 3.8) is 0 Å². The second-order valence-electron chi connectivity index (χ2n) is 7.07. The van der Waals surface area contributed by atoms with E-state index in [-0.39, 0.29) is 5.91 Å². The molecule has 29 heavy (non-hydrogen) atoms. The number of hydrogen-bond donors (Lipinski definition) is 1. The van der Waals surface area contributed by atoms with Gasteiger partial charge in [0.2, 0.25) is 15.9 Å². The molecule has 0 saturated heterocycles. The molecule has 3 rings (SSSR count). The highest BCUT2D eigenvalue weighted by molar-refractivity contribution is 7.92. The molecule has 0 aliphatic carbocycles. The molecule has 3 aromatic rings. The molecule has 0 bridgehead atoms. The zero-order valence-corrected chi connectivity index (χ0v) is 18.1. The molecule has 0 fully saturated rings. The van der Waals surface area contributed by atoms with Gasteiger partial charge in [-0.05, 0) is 53.9 Å². The highest BCUT2D eigenvalue weighted by Gasteiger charge is 2.29. The molecular weight excluding hydrogens is 408 g/mol. The first-order valence-electron chi connectivity index (χ1n) is 9.18. The average molecular weight is 431 g/mol. The summed E-state index contributed by atoms with van der Waals surface area (Å²) in [4.78, 5) is 12.7. The number of fused-ring (bicyclic) bond motifs is 1. The number of benzene rings is 3. The number of carbonyl (C=O) groups is 1. The molecule has 0 unspecified atom stereocenters. The largest absolute Gasteiger partial charge is 0.350 e. The maximum atomic E-state index is 12.7. The van der Waals surface area contributed by atoms with E-state index in [2.05, 4.69) is 5.32 Å². The van der Waals surface area contributed by atoms with Gasteiger partial charge in [-0.1, -0.05) is 54.1 Å². The first-order valence-corrected chi connectivity index (χ1v) is 11.4. The van der Waals surface area contributed by atoms with Crippen LogP contribution in [0.5, 0.6) is 0 Å². The highest BCUT2D eigenvalue weighted by Crippen LogP contribution is 2.26. The fraction of sp³-hybridized carbons (Fsp3) is 0.227. The van der Waals surface area contributed by atoms with Gasteiger partial charge in [0.1, 0.15) is 6.04 Å². The van der Waals surface area contributed by atoms with Gasteiger partial charge < -0.3 is 5.32 Å². The smallest absolute Gasteiger partial charge is 0.243 e. The van der Waals surface area contributed by atoms with Crippen molar-refractivity contribution in [1.29, 1.82) is 0 Å². The van der Waals surface area contributed by atoms with Crippen LogP contribution < -0.4 is 9.62 Å². The molecule has 0 spiro atoms. The van der Waals surface area contributed by atoms with Gasteiger partial charge in [0.25, 0.3) is 0 Å². The number of sulfonamides is 1. The molecule has 0 heterocycles. The number of anilines is 1. The lowest BCUT2D eigenvalue weighted by Gasteiger charge is -2.28. The maximum absolute atomic E-state index is 12.7. The van der Waals surface area contributed by atoms with Crippen LogP contribution in [-0.4, -0.2) is 26.6 Å². The molecule has 0 aliphatic rings. The Morgan fingerprint density at radius 3 is 2.41 bits per heavy atom. The van der Waals surface area contributed by atoms with E-state index in [1.54, 1.807) is 25.1 Å². The molecule has 152 valence electrons. The summed E-state index contributed by atoms with van der Waals surface area (Å²) < 4.78 is 25.9. The van der Waals surface area contributed by atoms with Crippen molar-refractivity contribution in [3.05, 3.63) is 76.8 Å². The van der Waals surface area contributed by atoms with Crippen LogP contribution in [0.15, 0.2) is 60.7 Å². The summed E-state index contributed by atoms with van der Waals surface area (Å²) in [7, 11) is -3.69. The first-order chi connectivity index (χ1) is 13.7. The number of halogens is 1. The van der Waals surface area contributed by atoms with Crippen LogP contribution in [0.3, 0.4) is 0 Å². The van der Waals surface area contributed by atoms with Crippen LogP contribution in [0.25, 0.3) is 10.8 Å². The Hall–Kier alpha value is -2.57. The fourth-order valence-corrected chi connectivity index (χ4v) is 4.55. The molecule has 7 heteroatoms. The Balaban J connectivity index is 1.78. The van der Waals surface area contributed by atoms with E-state index in [1.807, 2.05) is 49.4 Å². The lowest BCUT2D eigenvalue weighted by atomic mass is 10.1. The summed E-state index contributed by atoms with van der Waals surface area (Å²) >= 11 is 6.16. The summed E-state index contributed by atoms with van der Waals surface area (Å²) in [6, 6.07) is 17.9. The number of rotatable bonds is 6. The van der Waals surface area contributed by atoms with Gasteiger partial charge in [-0.3, -0.25) is 9.10 Å². The minimum Gasteiger partial charge on any atom is -0.350 e. The molecule has 1 N–H and O–H groups in total. The quantitative estimate of drug-likeness (QED) is 0.635. The second-order valence-corrected chi connectivity index (χ2v) is 9.33. The maximum Gasteiger partial charge on any atom is 0.243 e. The van der Waals surface area contributed by atoms with E-state index in [4.69, 9.17) is 11.6 Å². The van der Waals surface area contributed by atoms with Gasteiger partial charge in [-0.2, -0.15) is 0 Å². The van der Waals surface area contributed by atoms with E-state index in [1.165, 1.54) is 0 Å². The molecule has 1 amide bonds. The summed E-state index contributed by atoms with van der Waals surface area (Å²) in [5.74, 6) is -0.389. The number of amides is 1. The van der Waals surface area contributed by atoms with E-state index in [0.717, 1.165) is 32.5 Å². The van der Waals surface area contributed by atoms with Crippen molar-refractivity contribution < 1.29 is 13.2 Å². The number of nitrogens with zero attached hydrogens (tertiary/aromatic N) is 1. The van der Waals surface area contributed by atoms with Crippen molar-refractivity contribution >= 4 is 44.0 Å². The number of nitrogens with one attached hydrogen (secondary N) is 1. The minimum atomic E-state index is -3.69. The third-order valence-electron chi connectivity index (χ3n) is 4.78. The highest BCUT2D eigenvalue weighted by atomic mass is 35.5. The zero-order chi connectivity index (χ0) is 21.2. The topological polar surface area (TPSA) is 66.5 Å². The summed E-state index contributed by atoms with van der Waals surface area (Å²) in [5.41, 5.74) is 2.13. The third-order valence-corrected chi connectivity index (χ3v) is 6.43. The van der Waals surface area contributed by atoms with Gasteiger partial charge >= 0.3 is 0 Å². The van der Waals surface area contributed by atoms with Gasteiger partial charge in [0, 0.05) is 11.6 Å². The molecule has 0 aromatic heterocycles. The van der Waals surface area contributed by atoms with Crippen LogP contribution in [0.4, 0.5) is 5.69 Å². The SMILES string of the molecule is Cc1ccc(N([C@@H](C)C(=O)NCc2ccc3ccccc3c2)S(C)(=O)=O)cc1Cl. The molecule has 1 atom stereocenters. The Kier molecular flexibility index (Phi) is 6.15. The fourth-order valence-electron chi connectivity index (χ4n) is 3.21. The molecular formula is C22H23ClN2O3S.